The Morgan fingerprint density at radius 1 is 1.13 bits per heavy atom. The van der Waals surface area contributed by atoms with E-state index in [9.17, 15) is 9.90 Å². The topological polar surface area (TPSA) is 45.5 Å². The first-order valence-corrected chi connectivity index (χ1v) is 8.20. The van der Waals surface area contributed by atoms with Crippen LogP contribution in [0.25, 0.3) is 5.69 Å². The Morgan fingerprint density at radius 2 is 1.83 bits per heavy atom. The third-order valence-electron chi connectivity index (χ3n) is 4.67. The number of hydrogen-bond acceptors (Lipinski definition) is 2. The lowest BCUT2D eigenvalue weighted by atomic mass is 10.1. The Labute approximate surface area is 137 Å². The molecule has 1 aromatic carbocycles. The van der Waals surface area contributed by atoms with E-state index in [1.54, 1.807) is 0 Å². The van der Waals surface area contributed by atoms with Crippen molar-refractivity contribution >= 4 is 5.91 Å². The van der Waals surface area contributed by atoms with Gasteiger partial charge in [-0.25, -0.2) is 0 Å². The van der Waals surface area contributed by atoms with E-state index in [0.717, 1.165) is 22.6 Å². The van der Waals surface area contributed by atoms with E-state index >= 15 is 0 Å². The van der Waals surface area contributed by atoms with Crippen LogP contribution in [0.5, 0.6) is 0 Å². The van der Waals surface area contributed by atoms with Gasteiger partial charge in [0.15, 0.2) is 0 Å². The summed E-state index contributed by atoms with van der Waals surface area (Å²) in [6.07, 6.45) is 1.07. The van der Waals surface area contributed by atoms with Gasteiger partial charge in [0.2, 0.25) is 0 Å². The van der Waals surface area contributed by atoms with Crippen molar-refractivity contribution in [1.82, 2.24) is 9.47 Å². The number of aliphatic hydroxyl groups excluding tert-OH is 1. The summed E-state index contributed by atoms with van der Waals surface area (Å²) in [5.41, 5.74) is 5.10. The number of benzene rings is 1. The fraction of sp³-hybridized carbons (Fsp3) is 0.421. The average molecular weight is 312 g/mol. The van der Waals surface area contributed by atoms with Crippen LogP contribution in [0.1, 0.15) is 40.2 Å². The van der Waals surface area contributed by atoms with Crippen LogP contribution in [-0.2, 0) is 0 Å². The van der Waals surface area contributed by atoms with Crippen LogP contribution in [-0.4, -0.2) is 39.7 Å². The molecule has 1 N–H and O–H groups in total. The van der Waals surface area contributed by atoms with Crippen molar-refractivity contribution < 1.29 is 9.90 Å². The van der Waals surface area contributed by atoms with Crippen molar-refractivity contribution in [1.29, 1.82) is 0 Å². The lowest BCUT2D eigenvalue weighted by molar-refractivity contribution is 0.0546. The van der Waals surface area contributed by atoms with E-state index in [2.05, 4.69) is 29.7 Å². The molecule has 1 fully saturated rings. The molecule has 1 amide bonds. The first kappa shape index (κ1) is 15.8. The fourth-order valence-corrected chi connectivity index (χ4v) is 3.38. The van der Waals surface area contributed by atoms with Gasteiger partial charge in [0.25, 0.3) is 5.91 Å². The Kier molecular flexibility index (Phi) is 4.26. The zero-order valence-corrected chi connectivity index (χ0v) is 14.0. The smallest absolute Gasteiger partial charge is 0.255 e. The Hall–Kier alpha value is -2.07. The first-order chi connectivity index (χ1) is 11.0. The van der Waals surface area contributed by atoms with Crippen LogP contribution in [0.4, 0.5) is 0 Å². The second kappa shape index (κ2) is 6.20. The average Bonchev–Trinajstić information content (AvgIpc) is 2.82. The number of rotatable bonds is 2. The first-order valence-electron chi connectivity index (χ1n) is 8.20. The summed E-state index contributed by atoms with van der Waals surface area (Å²) in [4.78, 5) is 14.7. The van der Waals surface area contributed by atoms with Gasteiger partial charge < -0.3 is 14.6 Å². The lowest BCUT2D eigenvalue weighted by Crippen LogP contribution is -2.40. The van der Waals surface area contributed by atoms with E-state index in [1.807, 2.05) is 30.9 Å². The van der Waals surface area contributed by atoms with Crippen LogP contribution >= 0.6 is 0 Å². The number of aromatic nitrogens is 1. The van der Waals surface area contributed by atoms with Crippen molar-refractivity contribution in [2.24, 2.45) is 0 Å². The van der Waals surface area contributed by atoms with E-state index in [0.29, 0.717) is 25.9 Å². The summed E-state index contributed by atoms with van der Waals surface area (Å²) >= 11 is 0. The lowest BCUT2D eigenvalue weighted by Gasteiger charge is -2.29. The van der Waals surface area contributed by atoms with Gasteiger partial charge in [-0.15, -0.1) is 0 Å². The molecule has 1 saturated heterocycles. The molecule has 2 aromatic rings. The molecular formula is C19H24N2O2. The third kappa shape index (κ3) is 3.04. The standard InChI is InChI=1S/C19H24N2O2/c1-13-5-4-6-16(11-13)21-14(2)12-18(15(21)3)19(23)20-9-7-17(22)8-10-20/h4-6,11-12,17,22H,7-10H2,1-3H3. The van der Waals surface area contributed by atoms with Crippen molar-refractivity contribution in [3.05, 3.63) is 52.8 Å². The highest BCUT2D eigenvalue weighted by molar-refractivity contribution is 5.96. The largest absolute Gasteiger partial charge is 0.393 e. The number of amides is 1. The van der Waals surface area contributed by atoms with Gasteiger partial charge >= 0.3 is 0 Å². The number of hydrogen-bond donors (Lipinski definition) is 1. The zero-order chi connectivity index (χ0) is 16.6. The SMILES string of the molecule is Cc1cccc(-n2c(C)cc(C(=O)N3CCC(O)CC3)c2C)c1. The number of likely N-dealkylation sites (tertiary alicyclic amines) is 1. The molecule has 0 saturated carbocycles. The molecule has 1 aromatic heterocycles. The maximum absolute atomic E-state index is 12.8. The quantitative estimate of drug-likeness (QED) is 0.926. The predicted molar refractivity (Wildman–Crippen MR) is 91.1 cm³/mol. The number of aryl methyl sites for hydroxylation is 2. The second-order valence-corrected chi connectivity index (χ2v) is 6.48. The van der Waals surface area contributed by atoms with Crippen LogP contribution < -0.4 is 0 Å². The van der Waals surface area contributed by atoms with Gasteiger partial charge in [-0.3, -0.25) is 4.79 Å². The van der Waals surface area contributed by atoms with Crippen LogP contribution in [0.15, 0.2) is 30.3 Å². The maximum Gasteiger partial charge on any atom is 0.255 e. The molecule has 0 unspecified atom stereocenters. The van der Waals surface area contributed by atoms with Crippen molar-refractivity contribution in [2.45, 2.75) is 39.7 Å². The molecule has 1 aliphatic heterocycles. The number of nitrogens with zero attached hydrogens (tertiary/aromatic N) is 2. The second-order valence-electron chi connectivity index (χ2n) is 6.48. The van der Waals surface area contributed by atoms with Crippen LogP contribution in [0.2, 0.25) is 0 Å². The molecule has 3 rings (SSSR count). The van der Waals surface area contributed by atoms with E-state index in [-0.39, 0.29) is 12.0 Å². The van der Waals surface area contributed by atoms with Crippen LogP contribution in [0, 0.1) is 20.8 Å². The number of carbonyl (C=O) groups is 1. The summed E-state index contributed by atoms with van der Waals surface area (Å²) in [6.45, 7) is 7.37. The molecule has 23 heavy (non-hydrogen) atoms. The minimum absolute atomic E-state index is 0.0731. The summed E-state index contributed by atoms with van der Waals surface area (Å²) in [7, 11) is 0. The van der Waals surface area contributed by atoms with Gasteiger partial charge in [-0.2, -0.15) is 0 Å². The monoisotopic (exact) mass is 312 g/mol. The van der Waals surface area contributed by atoms with E-state index in [1.165, 1.54) is 5.56 Å². The molecule has 0 spiro atoms. The molecular weight excluding hydrogens is 288 g/mol. The molecule has 4 heteroatoms. The summed E-state index contributed by atoms with van der Waals surface area (Å²) < 4.78 is 2.14. The van der Waals surface area contributed by atoms with Gasteiger partial charge in [-0.05, 0) is 57.4 Å². The van der Waals surface area contributed by atoms with Gasteiger partial charge in [0.1, 0.15) is 0 Å². The van der Waals surface area contributed by atoms with Gasteiger partial charge in [0.05, 0.1) is 11.7 Å². The highest BCUT2D eigenvalue weighted by Crippen LogP contribution is 2.24. The number of aliphatic hydroxyl groups is 1. The number of carbonyl (C=O) groups excluding carboxylic acids is 1. The minimum atomic E-state index is -0.265. The van der Waals surface area contributed by atoms with Crippen molar-refractivity contribution in [2.75, 3.05) is 13.1 Å². The van der Waals surface area contributed by atoms with Gasteiger partial charge in [0, 0.05) is 30.2 Å². The van der Waals surface area contributed by atoms with Crippen molar-refractivity contribution in [3.8, 4) is 5.69 Å². The summed E-state index contributed by atoms with van der Waals surface area (Å²) in [6, 6.07) is 10.3. The summed E-state index contributed by atoms with van der Waals surface area (Å²) in [5.74, 6) is 0.0731. The molecule has 0 atom stereocenters. The number of piperidine rings is 1. The molecule has 0 aliphatic carbocycles. The summed E-state index contributed by atoms with van der Waals surface area (Å²) in [5, 5.41) is 9.61. The molecule has 0 bridgehead atoms. The highest BCUT2D eigenvalue weighted by Gasteiger charge is 2.25. The van der Waals surface area contributed by atoms with Gasteiger partial charge in [-0.1, -0.05) is 12.1 Å². The molecule has 0 radical (unpaired) electrons. The van der Waals surface area contributed by atoms with E-state index < -0.39 is 0 Å². The molecule has 2 heterocycles. The fourth-order valence-electron chi connectivity index (χ4n) is 3.38. The van der Waals surface area contributed by atoms with Crippen molar-refractivity contribution in [3.63, 3.8) is 0 Å². The predicted octanol–water partition coefficient (Wildman–Crippen LogP) is 3.00. The molecule has 4 nitrogen and oxygen atoms in total. The Morgan fingerprint density at radius 3 is 2.48 bits per heavy atom. The zero-order valence-electron chi connectivity index (χ0n) is 14.0. The Bertz CT molecular complexity index is 725. The minimum Gasteiger partial charge on any atom is -0.393 e. The molecule has 122 valence electrons. The Balaban J connectivity index is 1.93. The normalized spacial score (nSPS) is 15.9. The van der Waals surface area contributed by atoms with E-state index in [4.69, 9.17) is 0 Å². The molecule has 1 aliphatic rings. The maximum atomic E-state index is 12.8. The van der Waals surface area contributed by atoms with Crippen LogP contribution in [0.3, 0.4) is 0 Å². The highest BCUT2D eigenvalue weighted by atomic mass is 16.3. The third-order valence-corrected chi connectivity index (χ3v) is 4.67.